The van der Waals surface area contributed by atoms with Gasteiger partial charge in [-0.05, 0) is 30.7 Å². The van der Waals surface area contributed by atoms with Gasteiger partial charge in [0.05, 0.1) is 6.26 Å². The first-order chi connectivity index (χ1) is 13.1. The lowest BCUT2D eigenvalue weighted by molar-refractivity contribution is -0.141. The van der Waals surface area contributed by atoms with Crippen molar-refractivity contribution in [1.82, 2.24) is 9.80 Å². The lowest BCUT2D eigenvalue weighted by atomic mass is 10.1. The molecular weight excluding hydrogens is 346 g/mol. The van der Waals surface area contributed by atoms with E-state index in [1.165, 1.54) is 6.26 Å². The Labute approximate surface area is 157 Å². The summed E-state index contributed by atoms with van der Waals surface area (Å²) in [6.45, 7) is 2.29. The van der Waals surface area contributed by atoms with Crippen LogP contribution in [0.3, 0.4) is 0 Å². The number of rotatable bonds is 3. The minimum atomic E-state index is -0.627. The van der Waals surface area contributed by atoms with Crippen molar-refractivity contribution in [1.29, 1.82) is 0 Å². The largest absolute Gasteiger partial charge is 0.459 e. The summed E-state index contributed by atoms with van der Waals surface area (Å²) in [5.74, 6) is -0.764. The summed E-state index contributed by atoms with van der Waals surface area (Å²) >= 11 is 0. The predicted octanol–water partition coefficient (Wildman–Crippen LogP) is 1.62. The number of hydrogen-bond donors (Lipinski definition) is 0. The molecule has 3 heterocycles. The maximum atomic E-state index is 12.8. The Morgan fingerprint density at radius 3 is 2.26 bits per heavy atom. The zero-order valence-electron chi connectivity index (χ0n) is 14.9. The molecule has 0 saturated carbocycles. The number of nitrogens with zero attached hydrogens (tertiary/aromatic N) is 3. The molecule has 2 aliphatic rings. The zero-order valence-corrected chi connectivity index (χ0v) is 14.9. The molecule has 0 bridgehead atoms. The van der Waals surface area contributed by atoms with Crippen LogP contribution in [0.2, 0.25) is 0 Å². The van der Waals surface area contributed by atoms with Gasteiger partial charge in [0.1, 0.15) is 5.92 Å². The number of anilines is 1. The molecule has 7 heteroatoms. The molecule has 2 saturated heterocycles. The third-order valence-electron chi connectivity index (χ3n) is 5.18. The van der Waals surface area contributed by atoms with Crippen LogP contribution in [-0.2, 0) is 9.59 Å². The molecule has 27 heavy (non-hydrogen) atoms. The van der Waals surface area contributed by atoms with Crippen molar-refractivity contribution in [2.24, 2.45) is 5.92 Å². The summed E-state index contributed by atoms with van der Waals surface area (Å²) in [5.41, 5.74) is 0.826. The van der Waals surface area contributed by atoms with Crippen molar-refractivity contribution >= 4 is 23.4 Å². The zero-order chi connectivity index (χ0) is 18.8. The lowest BCUT2D eigenvalue weighted by Gasteiger charge is -2.35. The molecule has 2 aliphatic heterocycles. The van der Waals surface area contributed by atoms with Gasteiger partial charge < -0.3 is 19.1 Å². The highest BCUT2D eigenvalue weighted by Gasteiger charge is 2.40. The smallest absolute Gasteiger partial charge is 0.289 e. The number of benzene rings is 1. The third-order valence-corrected chi connectivity index (χ3v) is 5.18. The first-order valence-corrected chi connectivity index (χ1v) is 9.13. The van der Waals surface area contributed by atoms with Gasteiger partial charge in [0.15, 0.2) is 5.76 Å². The number of hydrogen-bond acceptors (Lipinski definition) is 4. The highest BCUT2D eigenvalue weighted by atomic mass is 16.3. The number of carbonyl (C=O) groups is 3. The fourth-order valence-corrected chi connectivity index (χ4v) is 3.68. The second kappa shape index (κ2) is 7.26. The predicted molar refractivity (Wildman–Crippen MR) is 98.1 cm³/mol. The molecule has 2 fully saturated rings. The standard InChI is InChI=1S/C20H21N3O4/c24-18(16-8-9-23(19(16)25)15-5-2-1-3-6-15)21-10-12-22(13-11-21)20(26)17-7-4-14-27-17/h1-7,14,16H,8-13H2/t16-/m1/s1. The van der Waals surface area contributed by atoms with Gasteiger partial charge in [-0.3, -0.25) is 14.4 Å². The minimum absolute atomic E-state index is 0.136. The van der Waals surface area contributed by atoms with Gasteiger partial charge in [0.2, 0.25) is 11.8 Å². The monoisotopic (exact) mass is 367 g/mol. The van der Waals surface area contributed by atoms with Crippen molar-refractivity contribution in [3.05, 3.63) is 54.5 Å². The molecule has 0 N–H and O–H groups in total. The van der Waals surface area contributed by atoms with E-state index in [-0.39, 0.29) is 17.7 Å². The van der Waals surface area contributed by atoms with Crippen LogP contribution in [0.1, 0.15) is 17.0 Å². The first kappa shape index (κ1) is 17.3. The molecule has 0 radical (unpaired) electrons. The van der Waals surface area contributed by atoms with Gasteiger partial charge in [-0.1, -0.05) is 18.2 Å². The third kappa shape index (κ3) is 3.32. The quantitative estimate of drug-likeness (QED) is 0.773. The molecule has 1 atom stereocenters. The Bertz CT molecular complexity index is 826. The molecule has 3 amide bonds. The van der Waals surface area contributed by atoms with Crippen molar-refractivity contribution in [2.45, 2.75) is 6.42 Å². The van der Waals surface area contributed by atoms with Gasteiger partial charge in [-0.25, -0.2) is 0 Å². The SMILES string of the molecule is O=C(c1ccco1)N1CCN(C(=O)[C@H]2CCN(c3ccccc3)C2=O)CC1. The molecule has 0 aliphatic carbocycles. The molecule has 0 spiro atoms. The maximum absolute atomic E-state index is 12.8. The van der Waals surface area contributed by atoms with Crippen LogP contribution in [0.25, 0.3) is 0 Å². The lowest BCUT2D eigenvalue weighted by Crippen LogP contribution is -2.52. The van der Waals surface area contributed by atoms with Crippen molar-refractivity contribution in [3.63, 3.8) is 0 Å². The van der Waals surface area contributed by atoms with E-state index in [1.807, 2.05) is 30.3 Å². The van der Waals surface area contributed by atoms with Crippen LogP contribution in [0.4, 0.5) is 5.69 Å². The second-order valence-corrected chi connectivity index (χ2v) is 6.76. The molecule has 1 aromatic carbocycles. The van der Waals surface area contributed by atoms with E-state index < -0.39 is 5.92 Å². The Kier molecular flexibility index (Phi) is 4.66. The summed E-state index contributed by atoms with van der Waals surface area (Å²) < 4.78 is 5.15. The van der Waals surface area contributed by atoms with Crippen LogP contribution in [0.5, 0.6) is 0 Å². The number of para-hydroxylation sites is 1. The number of furan rings is 1. The summed E-state index contributed by atoms with van der Waals surface area (Å²) in [4.78, 5) is 42.9. The van der Waals surface area contributed by atoms with Crippen LogP contribution in [0.15, 0.2) is 53.1 Å². The van der Waals surface area contributed by atoms with Crippen LogP contribution < -0.4 is 4.90 Å². The van der Waals surface area contributed by atoms with Crippen molar-refractivity contribution in [2.75, 3.05) is 37.6 Å². The fourth-order valence-electron chi connectivity index (χ4n) is 3.68. The summed E-state index contributed by atoms with van der Waals surface area (Å²) in [6.07, 6.45) is 2.00. The number of piperazine rings is 1. The van der Waals surface area contributed by atoms with E-state index in [0.29, 0.717) is 44.9 Å². The van der Waals surface area contributed by atoms with E-state index in [4.69, 9.17) is 4.42 Å². The summed E-state index contributed by atoms with van der Waals surface area (Å²) in [6, 6.07) is 12.7. The van der Waals surface area contributed by atoms with E-state index in [9.17, 15) is 14.4 Å². The topological polar surface area (TPSA) is 74.1 Å². The van der Waals surface area contributed by atoms with E-state index in [0.717, 1.165) is 5.69 Å². The molecule has 7 nitrogen and oxygen atoms in total. The molecule has 140 valence electrons. The van der Waals surface area contributed by atoms with E-state index >= 15 is 0 Å². The minimum Gasteiger partial charge on any atom is -0.459 e. The Balaban J connectivity index is 1.36. The summed E-state index contributed by atoms with van der Waals surface area (Å²) in [5, 5.41) is 0. The molecule has 4 rings (SSSR count). The van der Waals surface area contributed by atoms with Gasteiger partial charge in [0.25, 0.3) is 5.91 Å². The van der Waals surface area contributed by atoms with Crippen LogP contribution >= 0.6 is 0 Å². The van der Waals surface area contributed by atoms with Gasteiger partial charge in [-0.2, -0.15) is 0 Å². The van der Waals surface area contributed by atoms with Crippen LogP contribution in [0, 0.1) is 5.92 Å². The second-order valence-electron chi connectivity index (χ2n) is 6.76. The molecule has 1 aromatic heterocycles. The Morgan fingerprint density at radius 1 is 0.889 bits per heavy atom. The number of carbonyl (C=O) groups excluding carboxylic acids is 3. The Morgan fingerprint density at radius 2 is 1.59 bits per heavy atom. The highest BCUT2D eigenvalue weighted by Crippen LogP contribution is 2.26. The normalized spacial score (nSPS) is 20.2. The molecule has 2 aromatic rings. The van der Waals surface area contributed by atoms with Gasteiger partial charge in [0, 0.05) is 38.4 Å². The van der Waals surface area contributed by atoms with Crippen molar-refractivity contribution in [3.8, 4) is 0 Å². The van der Waals surface area contributed by atoms with Crippen molar-refractivity contribution < 1.29 is 18.8 Å². The average molecular weight is 367 g/mol. The van der Waals surface area contributed by atoms with Crippen LogP contribution in [-0.4, -0.2) is 60.2 Å². The Hall–Kier alpha value is -3.09. The average Bonchev–Trinajstić information content (AvgIpc) is 3.38. The maximum Gasteiger partial charge on any atom is 0.289 e. The van der Waals surface area contributed by atoms with E-state index in [2.05, 4.69) is 0 Å². The van der Waals surface area contributed by atoms with E-state index in [1.54, 1.807) is 26.8 Å². The van der Waals surface area contributed by atoms with Gasteiger partial charge >= 0.3 is 0 Å². The molecule has 0 unspecified atom stereocenters. The first-order valence-electron chi connectivity index (χ1n) is 9.13. The van der Waals surface area contributed by atoms with Gasteiger partial charge in [-0.15, -0.1) is 0 Å². The fraction of sp³-hybridized carbons (Fsp3) is 0.350. The number of amides is 3. The summed E-state index contributed by atoms with van der Waals surface area (Å²) in [7, 11) is 0. The molecular formula is C20H21N3O4. The highest BCUT2D eigenvalue weighted by molar-refractivity contribution is 6.09.